The number of carbonyl (C=O) groups excluding carboxylic acids is 1. The van der Waals surface area contributed by atoms with Crippen molar-refractivity contribution in [3.63, 3.8) is 0 Å². The molecular weight excluding hydrogens is 348 g/mol. The number of benzene rings is 1. The number of anilines is 1. The predicted molar refractivity (Wildman–Crippen MR) is 100 cm³/mol. The number of halogens is 2. The van der Waals surface area contributed by atoms with Gasteiger partial charge in [0, 0.05) is 30.3 Å². The van der Waals surface area contributed by atoms with E-state index in [2.05, 4.69) is 25.9 Å². The molecule has 2 aromatic rings. The number of alkyl halides is 2. The molecule has 2 atom stereocenters. The molecule has 1 aliphatic heterocycles. The van der Waals surface area contributed by atoms with E-state index >= 15 is 0 Å². The van der Waals surface area contributed by atoms with E-state index in [0.717, 1.165) is 11.3 Å². The van der Waals surface area contributed by atoms with Crippen LogP contribution in [0.3, 0.4) is 0 Å². The fourth-order valence-electron chi connectivity index (χ4n) is 3.80. The summed E-state index contributed by atoms with van der Waals surface area (Å²) in [5.41, 5.74) is 3.08. The Balaban J connectivity index is 1.57. The topological polar surface area (TPSA) is 38.1 Å². The first-order chi connectivity index (χ1) is 12.6. The minimum atomic E-state index is -2.61. The third-order valence-electron chi connectivity index (χ3n) is 5.65. The lowest BCUT2D eigenvalue weighted by Gasteiger charge is -2.19. The third kappa shape index (κ3) is 3.15. The quantitative estimate of drug-likeness (QED) is 0.789. The summed E-state index contributed by atoms with van der Waals surface area (Å²) in [6.07, 6.45) is 2.42. The molecule has 1 amide bonds. The van der Waals surface area contributed by atoms with Gasteiger partial charge in [0.2, 0.25) is 0 Å². The molecule has 2 fully saturated rings. The number of amides is 1. The summed E-state index contributed by atoms with van der Waals surface area (Å²) in [5, 5.41) is 4.60. The molecule has 0 bridgehead atoms. The van der Waals surface area contributed by atoms with Crippen molar-refractivity contribution in [2.45, 2.75) is 63.8 Å². The summed E-state index contributed by atoms with van der Waals surface area (Å²) in [6, 6.07) is 7.07. The molecule has 2 heterocycles. The van der Waals surface area contributed by atoms with Crippen LogP contribution in [0, 0.1) is 6.92 Å². The first-order valence-electron chi connectivity index (χ1n) is 9.43. The van der Waals surface area contributed by atoms with Crippen molar-refractivity contribution >= 4 is 11.6 Å². The number of rotatable bonds is 3. The minimum absolute atomic E-state index is 0.0316. The summed E-state index contributed by atoms with van der Waals surface area (Å²) >= 11 is 0. The molecule has 1 saturated heterocycles. The van der Waals surface area contributed by atoms with Crippen molar-refractivity contribution in [3.05, 3.63) is 47.3 Å². The fraction of sp³-hybridized carbons (Fsp3) is 0.524. The third-order valence-corrected chi connectivity index (χ3v) is 5.65. The van der Waals surface area contributed by atoms with Crippen molar-refractivity contribution in [1.82, 2.24) is 9.78 Å². The maximum Gasteiger partial charge on any atom is 0.255 e. The number of aromatic nitrogens is 2. The van der Waals surface area contributed by atoms with Crippen molar-refractivity contribution in [2.75, 3.05) is 11.4 Å². The molecule has 1 aliphatic carbocycles. The van der Waals surface area contributed by atoms with Gasteiger partial charge in [-0.1, -0.05) is 26.8 Å². The largest absolute Gasteiger partial charge is 0.310 e. The summed E-state index contributed by atoms with van der Waals surface area (Å²) in [5.74, 6) is -3.36. The highest BCUT2D eigenvalue weighted by Gasteiger charge is 2.58. The average molecular weight is 373 g/mol. The molecule has 27 heavy (non-hydrogen) atoms. The van der Waals surface area contributed by atoms with Crippen LogP contribution in [-0.4, -0.2) is 28.2 Å². The zero-order valence-electron chi connectivity index (χ0n) is 16.2. The van der Waals surface area contributed by atoms with E-state index in [0.29, 0.717) is 24.2 Å². The van der Waals surface area contributed by atoms with Gasteiger partial charge >= 0.3 is 0 Å². The van der Waals surface area contributed by atoms with E-state index < -0.39 is 11.8 Å². The second kappa shape index (κ2) is 5.88. The SMILES string of the molecule is Cc1ccc(N2CCC(n3ccc(C(C)(C)C)n3)C2=O)cc1C1CC1(F)F. The maximum absolute atomic E-state index is 13.5. The first-order valence-corrected chi connectivity index (χ1v) is 9.43. The average Bonchev–Trinajstić information content (AvgIpc) is 2.95. The lowest BCUT2D eigenvalue weighted by molar-refractivity contribution is -0.120. The van der Waals surface area contributed by atoms with Crippen LogP contribution in [0.2, 0.25) is 0 Å². The highest BCUT2D eigenvalue weighted by Crippen LogP contribution is 2.56. The smallest absolute Gasteiger partial charge is 0.255 e. The molecule has 1 aromatic carbocycles. The number of aryl methyl sites for hydroxylation is 1. The summed E-state index contributed by atoms with van der Waals surface area (Å²) in [6.45, 7) is 8.68. The van der Waals surface area contributed by atoms with Gasteiger partial charge in [0.1, 0.15) is 6.04 Å². The van der Waals surface area contributed by atoms with E-state index in [-0.39, 0.29) is 23.8 Å². The zero-order chi connectivity index (χ0) is 19.6. The van der Waals surface area contributed by atoms with E-state index in [1.165, 1.54) is 0 Å². The molecule has 4 rings (SSSR count). The second-order valence-corrected chi connectivity index (χ2v) is 8.78. The van der Waals surface area contributed by atoms with Crippen molar-refractivity contribution in [2.24, 2.45) is 0 Å². The van der Waals surface area contributed by atoms with Crippen LogP contribution in [0.15, 0.2) is 30.5 Å². The normalized spacial score (nSPS) is 24.5. The number of nitrogens with zero attached hydrogens (tertiary/aromatic N) is 3. The lowest BCUT2D eigenvalue weighted by atomic mass is 9.93. The van der Waals surface area contributed by atoms with Gasteiger partial charge in [0.05, 0.1) is 11.6 Å². The first kappa shape index (κ1) is 18.1. The van der Waals surface area contributed by atoms with Crippen LogP contribution in [0.1, 0.15) is 62.4 Å². The van der Waals surface area contributed by atoms with E-state index in [1.807, 2.05) is 31.3 Å². The van der Waals surface area contributed by atoms with Crippen molar-refractivity contribution < 1.29 is 13.6 Å². The van der Waals surface area contributed by atoms with Crippen LogP contribution in [-0.2, 0) is 10.2 Å². The van der Waals surface area contributed by atoms with Crippen LogP contribution < -0.4 is 4.90 Å². The molecule has 4 nitrogen and oxygen atoms in total. The predicted octanol–water partition coefficient (Wildman–Crippen LogP) is 4.59. The Kier molecular flexibility index (Phi) is 3.95. The number of hydrogen-bond acceptors (Lipinski definition) is 2. The fourth-order valence-corrected chi connectivity index (χ4v) is 3.80. The van der Waals surface area contributed by atoms with Gasteiger partial charge in [-0.2, -0.15) is 5.10 Å². The summed E-state index contributed by atoms with van der Waals surface area (Å²) in [4.78, 5) is 14.7. The Morgan fingerprint density at radius 2 is 1.93 bits per heavy atom. The molecule has 0 spiro atoms. The van der Waals surface area contributed by atoms with Crippen LogP contribution >= 0.6 is 0 Å². The highest BCUT2D eigenvalue weighted by atomic mass is 19.3. The zero-order valence-corrected chi connectivity index (χ0v) is 16.2. The van der Waals surface area contributed by atoms with Gasteiger partial charge in [-0.15, -0.1) is 0 Å². The number of carbonyl (C=O) groups is 1. The standard InChI is InChI=1S/C21H25F2N3O/c1-13-5-6-14(11-15(13)16-12-21(16,22)23)25-9-7-17(19(25)27)26-10-8-18(24-26)20(2,3)4/h5-6,8,10-11,16-17H,7,9,12H2,1-4H3. The monoisotopic (exact) mass is 373 g/mol. The second-order valence-electron chi connectivity index (χ2n) is 8.78. The van der Waals surface area contributed by atoms with Gasteiger partial charge < -0.3 is 4.90 Å². The molecule has 1 saturated carbocycles. The van der Waals surface area contributed by atoms with Crippen molar-refractivity contribution in [3.8, 4) is 0 Å². The Labute approximate surface area is 158 Å². The van der Waals surface area contributed by atoms with E-state index in [4.69, 9.17) is 0 Å². The number of hydrogen-bond donors (Lipinski definition) is 0. The van der Waals surface area contributed by atoms with Gasteiger partial charge in [0.25, 0.3) is 11.8 Å². The van der Waals surface area contributed by atoms with Crippen molar-refractivity contribution in [1.29, 1.82) is 0 Å². The van der Waals surface area contributed by atoms with Crippen LogP contribution in [0.5, 0.6) is 0 Å². The molecule has 2 unspecified atom stereocenters. The maximum atomic E-state index is 13.5. The van der Waals surface area contributed by atoms with Gasteiger partial charge in [-0.3, -0.25) is 9.48 Å². The van der Waals surface area contributed by atoms with Gasteiger partial charge in [0.15, 0.2) is 0 Å². The van der Waals surface area contributed by atoms with Gasteiger partial charge in [-0.05, 0) is 42.7 Å². The van der Waals surface area contributed by atoms with Crippen LogP contribution in [0.4, 0.5) is 14.5 Å². The lowest BCUT2D eigenvalue weighted by Crippen LogP contribution is -2.28. The Bertz CT molecular complexity index is 897. The molecule has 1 aromatic heterocycles. The molecule has 0 radical (unpaired) electrons. The molecular formula is C21H25F2N3O. The summed E-state index contributed by atoms with van der Waals surface area (Å²) < 4.78 is 28.8. The Morgan fingerprint density at radius 1 is 1.22 bits per heavy atom. The highest BCUT2D eigenvalue weighted by molar-refractivity contribution is 5.98. The van der Waals surface area contributed by atoms with Crippen LogP contribution in [0.25, 0.3) is 0 Å². The van der Waals surface area contributed by atoms with E-state index in [1.54, 1.807) is 15.6 Å². The molecule has 2 aliphatic rings. The molecule has 144 valence electrons. The Morgan fingerprint density at radius 3 is 2.52 bits per heavy atom. The molecule has 6 heteroatoms. The van der Waals surface area contributed by atoms with E-state index in [9.17, 15) is 13.6 Å². The molecule has 0 N–H and O–H groups in total. The minimum Gasteiger partial charge on any atom is -0.310 e. The Hall–Kier alpha value is -2.24. The summed E-state index contributed by atoms with van der Waals surface area (Å²) in [7, 11) is 0. The van der Waals surface area contributed by atoms with Gasteiger partial charge in [-0.25, -0.2) is 8.78 Å².